The molecule has 1 rings (SSSR count). The number of nitrogens with zero attached hydrogens (tertiary/aromatic N) is 1. The molecule has 0 spiro atoms. The van der Waals surface area contributed by atoms with E-state index in [9.17, 15) is 9.59 Å². The summed E-state index contributed by atoms with van der Waals surface area (Å²) in [6.45, 7) is 0. The van der Waals surface area contributed by atoms with Crippen LogP contribution in [0.4, 0.5) is 0 Å². The fourth-order valence-electron chi connectivity index (χ4n) is 2.05. The largest absolute Gasteiger partial charge is 0.277 e. The standard InChI is InChI=1S/C17H27N3O4S2/c1-23-19-15(21)9-3-5-12-25-14-8-7-11-18-17(14)26-13-6-4-10-16(22)20-24-2/h7-8,11H,3-6,9-10,12-13H2,1-2H3,(H,19,21)(H,20,22). The van der Waals surface area contributed by atoms with Crippen molar-refractivity contribution < 1.29 is 19.3 Å². The first-order valence-electron chi connectivity index (χ1n) is 8.51. The Hall–Kier alpha value is -1.29. The molecular formula is C17H27N3O4S2. The lowest BCUT2D eigenvalue weighted by Gasteiger charge is -2.08. The van der Waals surface area contributed by atoms with E-state index >= 15 is 0 Å². The van der Waals surface area contributed by atoms with E-state index in [0.717, 1.165) is 47.1 Å². The van der Waals surface area contributed by atoms with Crippen LogP contribution in [0, 0.1) is 0 Å². The topological polar surface area (TPSA) is 89.5 Å². The second-order valence-corrected chi connectivity index (χ2v) is 7.60. The van der Waals surface area contributed by atoms with E-state index in [1.165, 1.54) is 14.2 Å². The average molecular weight is 402 g/mol. The summed E-state index contributed by atoms with van der Waals surface area (Å²) < 4.78 is 0. The summed E-state index contributed by atoms with van der Waals surface area (Å²) in [4.78, 5) is 37.4. The van der Waals surface area contributed by atoms with Crippen LogP contribution in [0.2, 0.25) is 0 Å². The summed E-state index contributed by atoms with van der Waals surface area (Å²) in [5.74, 6) is 1.68. The number of thioether (sulfide) groups is 2. The Balaban J connectivity index is 2.23. The minimum Gasteiger partial charge on any atom is -0.277 e. The van der Waals surface area contributed by atoms with Gasteiger partial charge in [0, 0.05) is 23.9 Å². The van der Waals surface area contributed by atoms with Crippen molar-refractivity contribution in [3.05, 3.63) is 18.3 Å². The number of hydrogen-bond acceptors (Lipinski definition) is 7. The monoisotopic (exact) mass is 401 g/mol. The Bertz CT molecular complexity index is 499. The van der Waals surface area contributed by atoms with E-state index in [2.05, 4.69) is 31.7 Å². The van der Waals surface area contributed by atoms with Gasteiger partial charge in [-0.25, -0.2) is 15.9 Å². The van der Waals surface area contributed by atoms with Crippen molar-refractivity contribution in [2.75, 3.05) is 25.7 Å². The molecule has 0 unspecified atom stereocenters. The lowest BCUT2D eigenvalue weighted by Crippen LogP contribution is -2.21. The second kappa shape index (κ2) is 14.8. The lowest BCUT2D eigenvalue weighted by atomic mass is 10.2. The number of rotatable bonds is 14. The van der Waals surface area contributed by atoms with Crippen LogP contribution in [-0.2, 0) is 19.3 Å². The highest BCUT2D eigenvalue weighted by atomic mass is 32.2. The van der Waals surface area contributed by atoms with Crippen LogP contribution < -0.4 is 11.0 Å². The van der Waals surface area contributed by atoms with Gasteiger partial charge in [0.1, 0.15) is 5.03 Å². The van der Waals surface area contributed by atoms with Gasteiger partial charge in [-0.2, -0.15) is 0 Å². The summed E-state index contributed by atoms with van der Waals surface area (Å²) in [5, 5.41) is 1.02. The molecule has 0 aliphatic heterocycles. The summed E-state index contributed by atoms with van der Waals surface area (Å²) in [6, 6.07) is 4.01. The van der Waals surface area contributed by atoms with Gasteiger partial charge in [-0.3, -0.25) is 19.3 Å². The fourth-order valence-corrected chi connectivity index (χ4v) is 4.21. The number of aromatic nitrogens is 1. The van der Waals surface area contributed by atoms with E-state index < -0.39 is 0 Å². The minimum atomic E-state index is -0.0919. The second-order valence-electron chi connectivity index (χ2n) is 5.38. The molecule has 0 bridgehead atoms. The first kappa shape index (κ1) is 22.8. The quantitative estimate of drug-likeness (QED) is 0.281. The molecule has 0 fully saturated rings. The third kappa shape index (κ3) is 10.6. The Morgan fingerprint density at radius 2 is 1.54 bits per heavy atom. The van der Waals surface area contributed by atoms with Crippen molar-refractivity contribution in [1.82, 2.24) is 15.9 Å². The summed E-state index contributed by atoms with van der Waals surface area (Å²) in [7, 11) is 2.87. The van der Waals surface area contributed by atoms with Gasteiger partial charge in [-0.1, -0.05) is 0 Å². The maximum Gasteiger partial charge on any atom is 0.243 e. The maximum absolute atomic E-state index is 11.3. The predicted molar refractivity (Wildman–Crippen MR) is 104 cm³/mol. The van der Waals surface area contributed by atoms with Gasteiger partial charge >= 0.3 is 0 Å². The zero-order valence-electron chi connectivity index (χ0n) is 15.3. The molecule has 1 aromatic heterocycles. The number of unbranched alkanes of at least 4 members (excludes halogenated alkanes) is 2. The van der Waals surface area contributed by atoms with E-state index in [1.807, 2.05) is 6.07 Å². The van der Waals surface area contributed by atoms with Crippen molar-refractivity contribution in [3.8, 4) is 0 Å². The summed E-state index contributed by atoms with van der Waals surface area (Å²) in [5.41, 5.74) is 4.64. The smallest absolute Gasteiger partial charge is 0.243 e. The van der Waals surface area contributed by atoms with E-state index in [4.69, 9.17) is 0 Å². The molecule has 2 amide bonds. The molecular weight excluding hydrogens is 374 g/mol. The lowest BCUT2D eigenvalue weighted by molar-refractivity contribution is -0.132. The molecule has 0 radical (unpaired) electrons. The van der Waals surface area contributed by atoms with Crippen LogP contribution in [0.15, 0.2) is 28.3 Å². The molecule has 2 N–H and O–H groups in total. The van der Waals surface area contributed by atoms with Gasteiger partial charge in [0.15, 0.2) is 0 Å². The predicted octanol–water partition coefficient (Wildman–Crippen LogP) is 2.96. The normalized spacial score (nSPS) is 10.5. The van der Waals surface area contributed by atoms with Crippen LogP contribution >= 0.6 is 23.5 Å². The third-order valence-electron chi connectivity index (χ3n) is 3.26. The van der Waals surface area contributed by atoms with Crippen LogP contribution in [0.3, 0.4) is 0 Å². The van der Waals surface area contributed by atoms with Crippen molar-refractivity contribution in [2.45, 2.75) is 48.4 Å². The molecule has 1 aromatic rings. The molecule has 146 valence electrons. The van der Waals surface area contributed by atoms with Crippen molar-refractivity contribution in [1.29, 1.82) is 0 Å². The number of hydroxylamine groups is 2. The Labute approximate surface area is 163 Å². The number of pyridine rings is 1. The molecule has 0 aromatic carbocycles. The zero-order valence-corrected chi connectivity index (χ0v) is 16.9. The molecule has 7 nitrogen and oxygen atoms in total. The highest BCUT2D eigenvalue weighted by Crippen LogP contribution is 2.30. The SMILES string of the molecule is CONC(=O)CCCCSc1cccnc1SCCCCC(=O)NOC. The summed E-state index contributed by atoms with van der Waals surface area (Å²) in [6.07, 6.45) is 6.28. The molecule has 0 aliphatic carbocycles. The van der Waals surface area contributed by atoms with Gasteiger partial charge in [0.2, 0.25) is 11.8 Å². The fraction of sp³-hybridized carbons (Fsp3) is 0.588. The first-order valence-corrected chi connectivity index (χ1v) is 10.5. The average Bonchev–Trinajstić information content (AvgIpc) is 2.62. The zero-order chi connectivity index (χ0) is 19.0. The third-order valence-corrected chi connectivity index (χ3v) is 5.61. The maximum atomic E-state index is 11.3. The molecule has 1 heterocycles. The molecule has 0 atom stereocenters. The number of nitrogens with one attached hydrogen (secondary N) is 2. The van der Waals surface area contributed by atoms with Crippen LogP contribution in [-0.4, -0.2) is 42.5 Å². The Morgan fingerprint density at radius 1 is 0.962 bits per heavy atom. The number of hydrogen-bond donors (Lipinski definition) is 2. The highest BCUT2D eigenvalue weighted by molar-refractivity contribution is 8.02. The molecule has 0 saturated heterocycles. The number of amides is 2. The number of carbonyl (C=O) groups is 2. The van der Waals surface area contributed by atoms with Gasteiger partial charge in [0.05, 0.1) is 14.2 Å². The molecule has 0 saturated carbocycles. The van der Waals surface area contributed by atoms with Crippen LogP contribution in [0.1, 0.15) is 38.5 Å². The van der Waals surface area contributed by atoms with Crippen molar-refractivity contribution in [3.63, 3.8) is 0 Å². The van der Waals surface area contributed by atoms with Crippen LogP contribution in [0.25, 0.3) is 0 Å². The van der Waals surface area contributed by atoms with Gasteiger partial charge in [-0.05, 0) is 49.3 Å². The van der Waals surface area contributed by atoms with Crippen LogP contribution in [0.5, 0.6) is 0 Å². The Morgan fingerprint density at radius 3 is 2.12 bits per heavy atom. The summed E-state index contributed by atoms with van der Waals surface area (Å²) >= 11 is 3.47. The van der Waals surface area contributed by atoms with Gasteiger partial charge < -0.3 is 0 Å². The number of carbonyl (C=O) groups excluding carboxylic acids is 2. The molecule has 0 aliphatic rings. The minimum absolute atomic E-state index is 0.0886. The van der Waals surface area contributed by atoms with Gasteiger partial charge in [0.25, 0.3) is 0 Å². The van der Waals surface area contributed by atoms with Crippen molar-refractivity contribution in [2.24, 2.45) is 0 Å². The Kier molecular flexibility index (Phi) is 13.0. The first-order chi connectivity index (χ1) is 12.7. The van der Waals surface area contributed by atoms with E-state index in [-0.39, 0.29) is 11.8 Å². The van der Waals surface area contributed by atoms with Crippen molar-refractivity contribution >= 4 is 35.3 Å². The van der Waals surface area contributed by atoms with E-state index in [1.54, 1.807) is 29.7 Å². The highest BCUT2D eigenvalue weighted by Gasteiger charge is 2.06. The van der Waals surface area contributed by atoms with Gasteiger partial charge in [-0.15, -0.1) is 23.5 Å². The van der Waals surface area contributed by atoms with E-state index in [0.29, 0.717) is 12.8 Å². The molecule has 9 heteroatoms. The molecule has 26 heavy (non-hydrogen) atoms.